The summed E-state index contributed by atoms with van der Waals surface area (Å²) < 4.78 is 48.0. The van der Waals surface area contributed by atoms with Crippen molar-refractivity contribution in [3.8, 4) is 11.1 Å². The molecule has 4 rings (SSSR count). The summed E-state index contributed by atoms with van der Waals surface area (Å²) in [5, 5.41) is 1.98. The van der Waals surface area contributed by atoms with Crippen molar-refractivity contribution in [1.82, 2.24) is 9.55 Å². The lowest BCUT2D eigenvalue weighted by Crippen LogP contribution is -2.13. The van der Waals surface area contributed by atoms with E-state index in [9.17, 15) is 18.0 Å². The number of thiophene rings is 1. The maximum Gasteiger partial charge on any atom is 0.418 e. The molecule has 156 valence electrons. The summed E-state index contributed by atoms with van der Waals surface area (Å²) in [6, 6.07) is 8.21. The third-order valence-electron chi connectivity index (χ3n) is 4.97. The van der Waals surface area contributed by atoms with Crippen LogP contribution < -0.4 is 0 Å². The fourth-order valence-corrected chi connectivity index (χ4v) is 4.34. The summed E-state index contributed by atoms with van der Waals surface area (Å²) in [6.07, 6.45) is -0.177. The van der Waals surface area contributed by atoms with Gasteiger partial charge in [-0.05, 0) is 55.0 Å². The monoisotopic (exact) mass is 432 g/mol. The van der Waals surface area contributed by atoms with Crippen molar-refractivity contribution in [3.63, 3.8) is 0 Å². The minimum atomic E-state index is -4.58. The van der Waals surface area contributed by atoms with Gasteiger partial charge in [-0.3, -0.25) is 4.79 Å². The van der Waals surface area contributed by atoms with Crippen LogP contribution in [0.1, 0.15) is 40.8 Å². The summed E-state index contributed by atoms with van der Waals surface area (Å²) in [5.74, 6) is -0.170. The van der Waals surface area contributed by atoms with Gasteiger partial charge in [0.1, 0.15) is 0 Å². The van der Waals surface area contributed by atoms with E-state index in [0.29, 0.717) is 17.5 Å². The van der Waals surface area contributed by atoms with Crippen molar-refractivity contribution in [2.45, 2.75) is 38.9 Å². The molecule has 0 aliphatic carbocycles. The van der Waals surface area contributed by atoms with E-state index >= 15 is 0 Å². The zero-order valence-corrected chi connectivity index (χ0v) is 17.0. The molecule has 0 aliphatic heterocycles. The van der Waals surface area contributed by atoms with Gasteiger partial charge < -0.3 is 8.98 Å². The number of hydrogen-bond donors (Lipinski definition) is 0. The fourth-order valence-electron chi connectivity index (χ4n) is 3.59. The average Bonchev–Trinajstić information content (AvgIpc) is 3.45. The predicted octanol–water partition coefficient (Wildman–Crippen LogP) is 6.60. The van der Waals surface area contributed by atoms with E-state index in [0.717, 1.165) is 12.5 Å². The highest BCUT2D eigenvalue weighted by Gasteiger charge is 2.36. The molecule has 3 heterocycles. The number of hydrogen-bond acceptors (Lipinski definition) is 4. The third-order valence-corrected chi connectivity index (χ3v) is 5.91. The van der Waals surface area contributed by atoms with E-state index < -0.39 is 11.7 Å². The highest BCUT2D eigenvalue weighted by Crippen LogP contribution is 2.38. The van der Waals surface area contributed by atoms with E-state index in [-0.39, 0.29) is 35.6 Å². The molecule has 4 nitrogen and oxygen atoms in total. The summed E-state index contributed by atoms with van der Waals surface area (Å²) in [5.41, 5.74) is 0.171. The zero-order valence-electron chi connectivity index (χ0n) is 16.2. The Labute approximate surface area is 175 Å². The van der Waals surface area contributed by atoms with Crippen molar-refractivity contribution in [2.75, 3.05) is 0 Å². The molecular formula is C22H19F3N2O2S. The Bertz CT molecular complexity index is 1160. The number of rotatable bonds is 7. The number of furan rings is 1. The zero-order chi connectivity index (χ0) is 21.3. The van der Waals surface area contributed by atoms with Crippen molar-refractivity contribution >= 4 is 28.2 Å². The Balaban J connectivity index is 1.74. The van der Waals surface area contributed by atoms with Gasteiger partial charge in [0.15, 0.2) is 11.6 Å². The van der Waals surface area contributed by atoms with E-state index in [4.69, 9.17) is 4.42 Å². The summed E-state index contributed by atoms with van der Waals surface area (Å²) in [4.78, 5) is 18.3. The average molecular weight is 432 g/mol. The van der Waals surface area contributed by atoms with Gasteiger partial charge in [0.2, 0.25) is 0 Å². The normalized spacial score (nSPS) is 12.0. The topological polar surface area (TPSA) is 48.0 Å². The van der Waals surface area contributed by atoms with Crippen LogP contribution in [0.3, 0.4) is 0 Å². The van der Waals surface area contributed by atoms with Gasteiger partial charge in [-0.25, -0.2) is 4.98 Å². The number of aromatic nitrogens is 2. The van der Waals surface area contributed by atoms with Crippen LogP contribution in [0.25, 0.3) is 22.2 Å². The molecule has 0 fully saturated rings. The second-order valence-corrected chi connectivity index (χ2v) is 7.97. The Morgan fingerprint density at radius 1 is 1.23 bits per heavy atom. The summed E-state index contributed by atoms with van der Waals surface area (Å²) >= 11 is 1.62. The highest BCUT2D eigenvalue weighted by molar-refractivity contribution is 7.09. The maximum atomic E-state index is 13.9. The molecule has 0 N–H and O–H groups in total. The minimum Gasteiger partial charge on any atom is -0.472 e. The second-order valence-electron chi connectivity index (χ2n) is 6.94. The first-order valence-electron chi connectivity index (χ1n) is 9.58. The number of imidazole rings is 1. The maximum absolute atomic E-state index is 13.9. The van der Waals surface area contributed by atoms with Gasteiger partial charge in [0.05, 0.1) is 29.1 Å². The lowest BCUT2D eigenvalue weighted by Gasteiger charge is -2.13. The number of nitrogens with zero attached hydrogens (tertiary/aromatic N) is 2. The Morgan fingerprint density at radius 2 is 2.07 bits per heavy atom. The van der Waals surface area contributed by atoms with Gasteiger partial charge in [-0.15, -0.1) is 11.3 Å². The van der Waals surface area contributed by atoms with Crippen LogP contribution >= 0.6 is 11.3 Å². The van der Waals surface area contributed by atoms with Gasteiger partial charge in [0.25, 0.3) is 0 Å². The molecule has 30 heavy (non-hydrogen) atoms. The quantitative estimate of drug-likeness (QED) is 0.309. The molecule has 8 heteroatoms. The smallest absolute Gasteiger partial charge is 0.418 e. The molecule has 3 aromatic heterocycles. The summed E-state index contributed by atoms with van der Waals surface area (Å²) in [7, 11) is 0. The van der Waals surface area contributed by atoms with Crippen LogP contribution in [0.4, 0.5) is 13.2 Å². The molecule has 0 amide bonds. The standard InChI is InChI=1S/C22H19F3N2O2S/c1-2-27-20-17(22(23,24)25)11-15(14-8-9-29-13-14)12-18(20)26-21(27)19(28)7-3-5-16-6-4-10-30-16/h4,6,8-13H,2-3,5,7H2,1H3. The van der Waals surface area contributed by atoms with E-state index in [2.05, 4.69) is 4.98 Å². The third kappa shape index (κ3) is 3.92. The first-order valence-corrected chi connectivity index (χ1v) is 10.5. The number of halogens is 3. The molecule has 0 unspecified atom stereocenters. The number of alkyl halides is 3. The molecule has 0 aliphatic rings. The predicted molar refractivity (Wildman–Crippen MR) is 110 cm³/mol. The number of aryl methyl sites for hydroxylation is 2. The molecule has 0 atom stereocenters. The van der Waals surface area contributed by atoms with Gasteiger partial charge in [-0.2, -0.15) is 13.2 Å². The summed E-state index contributed by atoms with van der Waals surface area (Å²) in [6.45, 7) is 1.93. The van der Waals surface area contributed by atoms with Crippen LogP contribution in [-0.4, -0.2) is 15.3 Å². The fraction of sp³-hybridized carbons (Fsp3) is 0.273. The Morgan fingerprint density at radius 3 is 2.70 bits per heavy atom. The molecule has 1 aromatic carbocycles. The van der Waals surface area contributed by atoms with Crippen molar-refractivity contribution in [2.24, 2.45) is 0 Å². The first-order chi connectivity index (χ1) is 14.4. The van der Waals surface area contributed by atoms with E-state index in [1.807, 2.05) is 17.5 Å². The Kier molecular flexibility index (Phi) is 5.51. The van der Waals surface area contributed by atoms with Crippen molar-refractivity contribution in [3.05, 3.63) is 64.5 Å². The number of carbonyl (C=O) groups is 1. The molecule has 0 saturated carbocycles. The molecule has 0 bridgehead atoms. The van der Waals surface area contributed by atoms with Crippen LogP contribution in [0.5, 0.6) is 0 Å². The molecule has 0 spiro atoms. The van der Waals surface area contributed by atoms with Crippen LogP contribution in [0.2, 0.25) is 0 Å². The van der Waals surface area contributed by atoms with Crippen LogP contribution in [0, 0.1) is 0 Å². The van der Waals surface area contributed by atoms with E-state index in [1.165, 1.54) is 22.0 Å². The largest absolute Gasteiger partial charge is 0.472 e. The number of fused-ring (bicyclic) bond motifs is 1. The van der Waals surface area contributed by atoms with Crippen LogP contribution in [0.15, 0.2) is 52.7 Å². The highest BCUT2D eigenvalue weighted by atomic mass is 32.1. The number of Topliss-reactive ketones (excluding diaryl/α,β-unsaturated/α-hetero) is 1. The van der Waals surface area contributed by atoms with Crippen molar-refractivity contribution in [1.29, 1.82) is 0 Å². The lowest BCUT2D eigenvalue weighted by atomic mass is 10.0. The number of benzene rings is 1. The minimum absolute atomic E-state index is 0.0566. The van der Waals surface area contributed by atoms with Crippen LogP contribution in [-0.2, 0) is 19.1 Å². The molecular weight excluding hydrogens is 413 g/mol. The lowest BCUT2D eigenvalue weighted by molar-refractivity contribution is -0.136. The van der Waals surface area contributed by atoms with Gasteiger partial charge >= 0.3 is 6.18 Å². The van der Waals surface area contributed by atoms with Gasteiger partial charge in [-0.1, -0.05) is 6.07 Å². The first kappa shape index (κ1) is 20.4. The van der Waals surface area contributed by atoms with E-state index in [1.54, 1.807) is 30.4 Å². The number of carbonyl (C=O) groups excluding carboxylic acids is 1. The van der Waals surface area contributed by atoms with Gasteiger partial charge in [0, 0.05) is 23.4 Å². The Hall–Kier alpha value is -2.87. The molecule has 4 aromatic rings. The number of ketones is 1. The molecule has 0 radical (unpaired) electrons. The SMILES string of the molecule is CCn1c(C(=O)CCCc2cccs2)nc2cc(-c3ccoc3)cc(C(F)(F)F)c21. The second kappa shape index (κ2) is 8.10. The van der Waals surface area contributed by atoms with Crippen molar-refractivity contribution < 1.29 is 22.4 Å². The molecule has 0 saturated heterocycles.